The van der Waals surface area contributed by atoms with Gasteiger partial charge in [-0.2, -0.15) is 0 Å². The Labute approximate surface area is 139 Å². The van der Waals surface area contributed by atoms with Gasteiger partial charge in [0.1, 0.15) is 0 Å². The molecule has 1 aliphatic rings. The average molecular weight is 335 g/mol. The first-order chi connectivity index (χ1) is 10.6. The Morgan fingerprint density at radius 2 is 1.77 bits per heavy atom. The molecule has 5 heteroatoms. The van der Waals surface area contributed by atoms with Gasteiger partial charge in [-0.15, -0.1) is 0 Å². The van der Waals surface area contributed by atoms with Crippen molar-refractivity contribution in [1.82, 2.24) is 5.32 Å². The van der Waals surface area contributed by atoms with Gasteiger partial charge in [-0.05, 0) is 36.6 Å². The molecule has 0 bridgehead atoms. The van der Waals surface area contributed by atoms with E-state index in [2.05, 4.69) is 22.8 Å². The number of nitrogens with one attached hydrogen (secondary N) is 2. The summed E-state index contributed by atoms with van der Waals surface area (Å²) in [5.41, 5.74) is 2.00. The van der Waals surface area contributed by atoms with Crippen molar-refractivity contribution in [3.05, 3.63) is 64.1 Å². The fraction of sp³-hybridized carbons (Fsp3) is 0.235. The van der Waals surface area contributed by atoms with E-state index in [-0.39, 0.29) is 11.4 Å². The second-order valence-electron chi connectivity index (χ2n) is 5.58. The number of carbonyl (C=O) groups is 1. The fourth-order valence-electron chi connectivity index (χ4n) is 2.51. The predicted octanol–water partition coefficient (Wildman–Crippen LogP) is 4.85. The molecular formula is C17H16Cl2N2O. The number of carbonyl (C=O) groups excluding carboxylic acids is 1. The molecule has 22 heavy (non-hydrogen) atoms. The molecule has 0 atom stereocenters. The van der Waals surface area contributed by atoms with Gasteiger partial charge in [0.15, 0.2) is 0 Å². The molecular weight excluding hydrogens is 319 g/mol. The summed E-state index contributed by atoms with van der Waals surface area (Å²) in [6.45, 7) is 0.629. The van der Waals surface area contributed by atoms with Crippen LogP contribution in [0.25, 0.3) is 0 Å². The van der Waals surface area contributed by atoms with Crippen LogP contribution in [0.2, 0.25) is 10.0 Å². The van der Waals surface area contributed by atoms with Crippen molar-refractivity contribution in [2.75, 3.05) is 11.9 Å². The highest BCUT2D eigenvalue weighted by Crippen LogP contribution is 2.47. The Kier molecular flexibility index (Phi) is 4.27. The molecule has 1 aliphatic carbocycles. The van der Waals surface area contributed by atoms with Gasteiger partial charge >= 0.3 is 6.03 Å². The molecule has 0 saturated heterocycles. The Balaban J connectivity index is 1.58. The fourth-order valence-corrected chi connectivity index (χ4v) is 2.81. The van der Waals surface area contributed by atoms with Gasteiger partial charge in [-0.1, -0.05) is 53.5 Å². The van der Waals surface area contributed by atoms with Crippen LogP contribution in [0.15, 0.2) is 48.5 Å². The summed E-state index contributed by atoms with van der Waals surface area (Å²) in [5.74, 6) is 0. The van der Waals surface area contributed by atoms with Crippen molar-refractivity contribution < 1.29 is 4.79 Å². The maximum absolute atomic E-state index is 12.0. The predicted molar refractivity (Wildman–Crippen MR) is 90.8 cm³/mol. The first-order valence-electron chi connectivity index (χ1n) is 7.15. The first kappa shape index (κ1) is 15.2. The van der Waals surface area contributed by atoms with Crippen LogP contribution in [-0.2, 0) is 5.41 Å². The molecule has 0 heterocycles. The summed E-state index contributed by atoms with van der Waals surface area (Å²) in [5, 5.41) is 6.59. The lowest BCUT2D eigenvalue weighted by molar-refractivity contribution is 0.251. The third-order valence-electron chi connectivity index (χ3n) is 4.00. The smallest absolute Gasteiger partial charge is 0.319 e. The zero-order valence-corrected chi connectivity index (χ0v) is 13.4. The summed E-state index contributed by atoms with van der Waals surface area (Å²) in [6, 6.07) is 15.1. The maximum atomic E-state index is 12.0. The van der Waals surface area contributed by atoms with Crippen LogP contribution >= 0.6 is 23.2 Å². The van der Waals surface area contributed by atoms with E-state index in [4.69, 9.17) is 23.2 Å². The van der Waals surface area contributed by atoms with Crippen LogP contribution in [-0.4, -0.2) is 12.6 Å². The summed E-state index contributed by atoms with van der Waals surface area (Å²) in [7, 11) is 0. The van der Waals surface area contributed by atoms with Crippen LogP contribution in [0.3, 0.4) is 0 Å². The van der Waals surface area contributed by atoms with E-state index in [1.165, 1.54) is 5.56 Å². The van der Waals surface area contributed by atoms with E-state index in [0.717, 1.165) is 12.8 Å². The normalized spacial score (nSPS) is 15.2. The maximum Gasteiger partial charge on any atom is 0.319 e. The van der Waals surface area contributed by atoms with Crippen molar-refractivity contribution >= 4 is 34.9 Å². The van der Waals surface area contributed by atoms with Gasteiger partial charge in [0.05, 0.1) is 10.0 Å². The quantitative estimate of drug-likeness (QED) is 0.824. The molecule has 0 aromatic heterocycles. The Bertz CT molecular complexity index is 684. The number of amides is 2. The molecule has 3 nitrogen and oxygen atoms in total. The lowest BCUT2D eigenvalue weighted by Gasteiger charge is -2.17. The van der Waals surface area contributed by atoms with E-state index in [1.807, 2.05) is 18.2 Å². The summed E-state index contributed by atoms with van der Waals surface area (Å²) in [4.78, 5) is 12.0. The van der Waals surface area contributed by atoms with E-state index >= 15 is 0 Å². The number of anilines is 1. The van der Waals surface area contributed by atoms with Crippen molar-refractivity contribution in [2.45, 2.75) is 18.3 Å². The SMILES string of the molecule is O=C(NCC1(c2ccccc2)CC1)Nc1ccc(Cl)c(Cl)c1. The number of urea groups is 1. The minimum absolute atomic E-state index is 0.0935. The monoisotopic (exact) mass is 334 g/mol. The molecule has 0 spiro atoms. The Morgan fingerprint density at radius 3 is 2.41 bits per heavy atom. The lowest BCUT2D eigenvalue weighted by atomic mass is 9.96. The largest absolute Gasteiger partial charge is 0.337 e. The number of benzene rings is 2. The van der Waals surface area contributed by atoms with E-state index < -0.39 is 0 Å². The molecule has 3 rings (SSSR count). The molecule has 2 aromatic carbocycles. The highest BCUT2D eigenvalue weighted by Gasteiger charge is 2.44. The Morgan fingerprint density at radius 1 is 1.05 bits per heavy atom. The highest BCUT2D eigenvalue weighted by molar-refractivity contribution is 6.42. The molecule has 0 aliphatic heterocycles. The van der Waals surface area contributed by atoms with Crippen molar-refractivity contribution in [1.29, 1.82) is 0 Å². The summed E-state index contributed by atoms with van der Waals surface area (Å²) >= 11 is 11.8. The van der Waals surface area contributed by atoms with Gasteiger partial charge in [0.25, 0.3) is 0 Å². The van der Waals surface area contributed by atoms with E-state index in [9.17, 15) is 4.79 Å². The van der Waals surface area contributed by atoms with Crippen molar-refractivity contribution in [3.8, 4) is 0 Å². The van der Waals surface area contributed by atoms with Gasteiger partial charge in [0, 0.05) is 17.6 Å². The topological polar surface area (TPSA) is 41.1 Å². The van der Waals surface area contributed by atoms with Crippen LogP contribution < -0.4 is 10.6 Å². The Hall–Kier alpha value is -1.71. The summed E-state index contributed by atoms with van der Waals surface area (Å²) < 4.78 is 0. The second kappa shape index (κ2) is 6.19. The van der Waals surface area contributed by atoms with Crippen LogP contribution in [0, 0.1) is 0 Å². The van der Waals surface area contributed by atoms with Gasteiger partial charge < -0.3 is 10.6 Å². The van der Waals surface area contributed by atoms with E-state index in [1.54, 1.807) is 18.2 Å². The second-order valence-corrected chi connectivity index (χ2v) is 6.40. The average Bonchev–Trinajstić information content (AvgIpc) is 3.31. The molecule has 0 unspecified atom stereocenters. The van der Waals surface area contributed by atoms with Crippen molar-refractivity contribution in [2.24, 2.45) is 0 Å². The number of hydrogen-bond acceptors (Lipinski definition) is 1. The van der Waals surface area contributed by atoms with E-state index in [0.29, 0.717) is 22.3 Å². The minimum atomic E-state index is -0.236. The third-order valence-corrected chi connectivity index (χ3v) is 4.74. The molecule has 0 radical (unpaired) electrons. The molecule has 2 aromatic rings. The summed E-state index contributed by atoms with van der Waals surface area (Å²) in [6.07, 6.45) is 2.20. The third kappa shape index (κ3) is 3.37. The number of rotatable bonds is 4. The number of halogens is 2. The highest BCUT2D eigenvalue weighted by atomic mass is 35.5. The van der Waals surface area contributed by atoms with Crippen LogP contribution in [0.5, 0.6) is 0 Å². The first-order valence-corrected chi connectivity index (χ1v) is 7.90. The van der Waals surface area contributed by atoms with Crippen LogP contribution in [0.1, 0.15) is 18.4 Å². The van der Waals surface area contributed by atoms with Crippen molar-refractivity contribution in [3.63, 3.8) is 0 Å². The lowest BCUT2D eigenvalue weighted by Crippen LogP contribution is -2.35. The minimum Gasteiger partial charge on any atom is -0.337 e. The van der Waals surface area contributed by atoms with Crippen LogP contribution in [0.4, 0.5) is 10.5 Å². The molecule has 2 N–H and O–H groups in total. The molecule has 2 amide bonds. The number of hydrogen-bond donors (Lipinski definition) is 2. The van der Waals surface area contributed by atoms with Gasteiger partial charge in [0.2, 0.25) is 0 Å². The molecule has 114 valence electrons. The van der Waals surface area contributed by atoms with Gasteiger partial charge in [-0.3, -0.25) is 0 Å². The standard InChI is InChI=1S/C17H16Cl2N2O/c18-14-7-6-13(10-15(14)19)21-16(22)20-11-17(8-9-17)12-4-2-1-3-5-12/h1-7,10H,8-9,11H2,(H2,20,21,22). The zero-order valence-electron chi connectivity index (χ0n) is 11.9. The van der Waals surface area contributed by atoms with Gasteiger partial charge in [-0.25, -0.2) is 4.79 Å². The zero-order chi connectivity index (χ0) is 15.6. The molecule has 1 fully saturated rings. The molecule has 1 saturated carbocycles.